The van der Waals surface area contributed by atoms with Crippen molar-refractivity contribution in [3.8, 4) is 0 Å². The van der Waals surface area contributed by atoms with Gasteiger partial charge in [-0.2, -0.15) is 0 Å². The number of allylic oxidation sites excluding steroid dienone is 1. The van der Waals surface area contributed by atoms with Crippen LogP contribution in [0.25, 0.3) is 0 Å². The lowest BCUT2D eigenvalue weighted by molar-refractivity contribution is -0.116. The van der Waals surface area contributed by atoms with Crippen LogP contribution in [0.4, 0.5) is 5.82 Å². The number of carbonyl (C=O) groups excluding carboxylic acids is 1. The van der Waals surface area contributed by atoms with Gasteiger partial charge >= 0.3 is 0 Å². The standard InChI is InChI=1S/C15H22N4O2S2/c1-4-7-22-23-14(5-6-20)11(2)19(10-21)9-13-8-17-12(3)18-15(13)16/h4,8,10,20H,1,5-7,9H2,2-3H3,(H2,16,17,18)/b14-11-. The van der Waals surface area contributed by atoms with Crippen molar-refractivity contribution in [1.82, 2.24) is 14.9 Å². The highest BCUT2D eigenvalue weighted by Crippen LogP contribution is 2.35. The van der Waals surface area contributed by atoms with Crippen molar-refractivity contribution in [2.75, 3.05) is 18.1 Å². The van der Waals surface area contributed by atoms with E-state index in [4.69, 9.17) is 5.73 Å². The maximum absolute atomic E-state index is 11.5. The molecule has 0 fully saturated rings. The third-order valence-electron chi connectivity index (χ3n) is 3.01. The summed E-state index contributed by atoms with van der Waals surface area (Å²) in [5.41, 5.74) is 7.36. The van der Waals surface area contributed by atoms with E-state index in [1.807, 2.05) is 13.0 Å². The van der Waals surface area contributed by atoms with Gasteiger partial charge < -0.3 is 15.7 Å². The topological polar surface area (TPSA) is 92.3 Å². The molecule has 0 unspecified atom stereocenters. The predicted molar refractivity (Wildman–Crippen MR) is 97.4 cm³/mol. The normalized spacial score (nSPS) is 11.8. The van der Waals surface area contributed by atoms with Crippen molar-refractivity contribution in [2.24, 2.45) is 0 Å². The highest BCUT2D eigenvalue weighted by Gasteiger charge is 2.14. The number of hydrogen-bond acceptors (Lipinski definition) is 7. The first kappa shape index (κ1) is 19.5. The molecule has 1 aromatic rings. The summed E-state index contributed by atoms with van der Waals surface area (Å²) in [5, 5.41) is 9.24. The number of nitrogens with two attached hydrogens (primary N) is 1. The molecule has 0 saturated heterocycles. The average Bonchev–Trinajstić information content (AvgIpc) is 2.53. The summed E-state index contributed by atoms with van der Waals surface area (Å²) in [6.45, 7) is 7.61. The monoisotopic (exact) mass is 354 g/mol. The van der Waals surface area contributed by atoms with Crippen molar-refractivity contribution >= 4 is 33.8 Å². The van der Waals surface area contributed by atoms with Crippen LogP contribution >= 0.6 is 21.6 Å². The van der Waals surface area contributed by atoms with Crippen molar-refractivity contribution in [1.29, 1.82) is 0 Å². The van der Waals surface area contributed by atoms with Crippen LogP contribution in [0, 0.1) is 6.92 Å². The van der Waals surface area contributed by atoms with Crippen LogP contribution in [0.5, 0.6) is 0 Å². The first-order valence-corrected chi connectivity index (χ1v) is 9.36. The molecular weight excluding hydrogens is 332 g/mol. The molecule has 1 amide bonds. The van der Waals surface area contributed by atoms with Gasteiger partial charge in [0.05, 0.1) is 6.54 Å². The van der Waals surface area contributed by atoms with Crippen LogP contribution in [0.1, 0.15) is 24.7 Å². The molecule has 0 atom stereocenters. The third-order valence-corrected chi connectivity index (χ3v) is 5.56. The van der Waals surface area contributed by atoms with Gasteiger partial charge in [0.2, 0.25) is 6.41 Å². The third kappa shape index (κ3) is 6.25. The summed E-state index contributed by atoms with van der Waals surface area (Å²) >= 11 is 0. The van der Waals surface area contributed by atoms with Crippen LogP contribution in [0.15, 0.2) is 29.5 Å². The maximum atomic E-state index is 11.5. The summed E-state index contributed by atoms with van der Waals surface area (Å²) in [6.07, 6.45) is 4.69. The Kier molecular flexibility index (Phi) is 8.75. The molecule has 0 radical (unpaired) electrons. The molecule has 0 saturated carbocycles. The van der Waals surface area contributed by atoms with E-state index in [2.05, 4.69) is 16.5 Å². The van der Waals surface area contributed by atoms with Gasteiger partial charge in [-0.25, -0.2) is 9.97 Å². The largest absolute Gasteiger partial charge is 0.396 e. The Balaban J connectivity index is 2.96. The molecule has 0 aliphatic carbocycles. The Morgan fingerprint density at radius 1 is 1.57 bits per heavy atom. The second-order valence-electron chi connectivity index (χ2n) is 4.70. The van der Waals surface area contributed by atoms with E-state index in [0.717, 1.165) is 22.8 Å². The van der Waals surface area contributed by atoms with E-state index in [9.17, 15) is 9.90 Å². The number of aliphatic hydroxyl groups is 1. The molecule has 23 heavy (non-hydrogen) atoms. The number of aliphatic hydroxyl groups excluding tert-OH is 1. The van der Waals surface area contributed by atoms with Crippen molar-refractivity contribution in [2.45, 2.75) is 26.8 Å². The number of amides is 1. The smallest absolute Gasteiger partial charge is 0.214 e. The van der Waals surface area contributed by atoms with Crippen LogP contribution in [-0.4, -0.2) is 38.7 Å². The van der Waals surface area contributed by atoms with Crippen LogP contribution < -0.4 is 5.73 Å². The van der Waals surface area contributed by atoms with Gasteiger partial charge in [-0.05, 0) is 13.8 Å². The van der Waals surface area contributed by atoms with E-state index in [-0.39, 0.29) is 6.61 Å². The zero-order valence-electron chi connectivity index (χ0n) is 13.4. The van der Waals surface area contributed by atoms with Crippen molar-refractivity contribution in [3.63, 3.8) is 0 Å². The van der Waals surface area contributed by atoms with Gasteiger partial charge in [0.25, 0.3) is 0 Å². The van der Waals surface area contributed by atoms with E-state index in [1.54, 1.807) is 39.6 Å². The molecule has 1 rings (SSSR count). The predicted octanol–water partition coefficient (Wildman–Crippen LogP) is 2.51. The Morgan fingerprint density at radius 2 is 2.30 bits per heavy atom. The van der Waals surface area contributed by atoms with Gasteiger partial charge in [0.1, 0.15) is 11.6 Å². The zero-order valence-corrected chi connectivity index (χ0v) is 15.0. The van der Waals surface area contributed by atoms with Gasteiger partial charge in [-0.1, -0.05) is 27.7 Å². The number of aryl methyl sites for hydroxylation is 1. The number of carbonyl (C=O) groups is 1. The number of anilines is 1. The number of rotatable bonds is 10. The first-order valence-electron chi connectivity index (χ1n) is 7.04. The van der Waals surface area contributed by atoms with Crippen LogP contribution in [0.3, 0.4) is 0 Å². The summed E-state index contributed by atoms with van der Waals surface area (Å²) in [4.78, 5) is 22.2. The van der Waals surface area contributed by atoms with Gasteiger partial charge in [-0.15, -0.1) is 6.58 Å². The van der Waals surface area contributed by atoms with Gasteiger partial charge in [-0.3, -0.25) is 4.79 Å². The Labute approximate surface area is 144 Å². The molecular formula is C15H22N4O2S2. The fourth-order valence-corrected chi connectivity index (χ4v) is 4.00. The number of nitrogen functional groups attached to an aromatic ring is 1. The molecule has 1 heterocycles. The van der Waals surface area contributed by atoms with E-state index < -0.39 is 0 Å². The van der Waals surface area contributed by atoms with E-state index >= 15 is 0 Å². The quantitative estimate of drug-likeness (QED) is 0.289. The summed E-state index contributed by atoms with van der Waals surface area (Å²) in [5.74, 6) is 1.75. The van der Waals surface area contributed by atoms with Crippen LogP contribution in [0.2, 0.25) is 0 Å². The first-order chi connectivity index (χ1) is 11.0. The molecule has 0 bridgehead atoms. The lowest BCUT2D eigenvalue weighted by atomic mass is 10.2. The van der Waals surface area contributed by atoms with E-state index in [1.165, 1.54) is 0 Å². The minimum absolute atomic E-state index is 0.0246. The lowest BCUT2D eigenvalue weighted by Crippen LogP contribution is -2.21. The van der Waals surface area contributed by atoms with Gasteiger partial charge in [0.15, 0.2) is 0 Å². The molecule has 0 aliphatic heterocycles. The summed E-state index contributed by atoms with van der Waals surface area (Å²) < 4.78 is 0. The number of nitrogens with zero attached hydrogens (tertiary/aromatic N) is 3. The van der Waals surface area contributed by atoms with Crippen LogP contribution in [-0.2, 0) is 11.3 Å². The molecule has 0 aromatic carbocycles. The number of hydrogen-bond donors (Lipinski definition) is 2. The minimum Gasteiger partial charge on any atom is -0.396 e. The second-order valence-corrected chi connectivity index (χ2v) is 7.14. The Morgan fingerprint density at radius 3 is 2.87 bits per heavy atom. The molecule has 8 heteroatoms. The maximum Gasteiger partial charge on any atom is 0.214 e. The van der Waals surface area contributed by atoms with Crippen molar-refractivity contribution in [3.05, 3.63) is 40.8 Å². The second kappa shape index (κ2) is 10.3. The average molecular weight is 355 g/mol. The SMILES string of the molecule is C=CCSS/C(CCO)=C(/C)N(C=O)Cc1cnc(C)nc1N. The Bertz CT molecular complexity index is 579. The molecule has 6 nitrogen and oxygen atoms in total. The highest BCUT2D eigenvalue weighted by molar-refractivity contribution is 8.78. The van der Waals surface area contributed by atoms with E-state index in [0.29, 0.717) is 30.2 Å². The zero-order chi connectivity index (χ0) is 17.2. The van der Waals surface area contributed by atoms with Crippen molar-refractivity contribution < 1.29 is 9.90 Å². The molecule has 0 spiro atoms. The summed E-state index contributed by atoms with van der Waals surface area (Å²) in [6, 6.07) is 0. The fraction of sp³-hybridized carbons (Fsp3) is 0.400. The molecule has 126 valence electrons. The molecule has 1 aromatic heterocycles. The summed E-state index contributed by atoms with van der Waals surface area (Å²) in [7, 11) is 3.15. The highest BCUT2D eigenvalue weighted by atomic mass is 33.1. The molecule has 0 aliphatic rings. The van der Waals surface area contributed by atoms with Gasteiger partial charge in [0, 0.05) is 41.1 Å². The number of aromatic nitrogens is 2. The minimum atomic E-state index is 0.0246. The lowest BCUT2D eigenvalue weighted by Gasteiger charge is -2.22. The fourth-order valence-electron chi connectivity index (χ4n) is 1.75. The molecule has 3 N–H and O–H groups in total. The Hall–Kier alpha value is -1.51.